The van der Waals surface area contributed by atoms with E-state index in [9.17, 15) is 14.3 Å². The van der Waals surface area contributed by atoms with Gasteiger partial charge in [0.15, 0.2) is 0 Å². The first kappa shape index (κ1) is 19.8. The third-order valence-corrected chi connectivity index (χ3v) is 5.16. The Morgan fingerprint density at radius 1 is 1.13 bits per heavy atom. The summed E-state index contributed by atoms with van der Waals surface area (Å²) in [5, 5.41) is 12.6. The second-order valence-corrected chi connectivity index (χ2v) is 7.05. The number of aliphatic hydroxyl groups excluding tert-OH is 1. The molecule has 0 spiro atoms. The van der Waals surface area contributed by atoms with Crippen LogP contribution in [0.5, 0.6) is 5.75 Å². The minimum atomic E-state index is -0.568. The lowest BCUT2D eigenvalue weighted by molar-refractivity contribution is 0.0916. The van der Waals surface area contributed by atoms with Gasteiger partial charge in [-0.3, -0.25) is 9.79 Å². The fourth-order valence-corrected chi connectivity index (χ4v) is 3.50. The number of hydrogen-bond donors (Lipinski definition) is 2. The van der Waals surface area contributed by atoms with Crippen molar-refractivity contribution in [2.45, 2.75) is 12.6 Å². The Bertz CT molecular complexity index is 1130. The molecule has 5 nitrogen and oxygen atoms in total. The summed E-state index contributed by atoms with van der Waals surface area (Å²) >= 11 is 0. The summed E-state index contributed by atoms with van der Waals surface area (Å²) in [4.78, 5) is 16.7. The Hall–Kier alpha value is -3.51. The molecule has 0 fully saturated rings. The summed E-state index contributed by atoms with van der Waals surface area (Å²) in [6, 6.07) is 19.2. The van der Waals surface area contributed by atoms with E-state index in [2.05, 4.69) is 10.3 Å². The number of benzene rings is 3. The molecule has 0 aliphatic carbocycles. The van der Waals surface area contributed by atoms with Crippen LogP contribution in [0.25, 0.3) is 11.1 Å². The number of aliphatic imine (C=N–C) groups is 1. The van der Waals surface area contributed by atoms with Crippen LogP contribution < -0.4 is 10.1 Å². The van der Waals surface area contributed by atoms with Crippen molar-refractivity contribution >= 4 is 11.9 Å². The number of methoxy groups -OCH3 is 1. The van der Waals surface area contributed by atoms with Crippen LogP contribution in [0.2, 0.25) is 0 Å². The third-order valence-electron chi connectivity index (χ3n) is 5.16. The first-order chi connectivity index (χ1) is 14.6. The molecule has 1 amide bonds. The van der Waals surface area contributed by atoms with E-state index >= 15 is 0 Å². The summed E-state index contributed by atoms with van der Waals surface area (Å²) in [7, 11) is 1.56. The van der Waals surface area contributed by atoms with Crippen LogP contribution in [0.15, 0.2) is 71.7 Å². The molecule has 0 saturated heterocycles. The van der Waals surface area contributed by atoms with Crippen molar-refractivity contribution in [1.82, 2.24) is 5.32 Å². The topological polar surface area (TPSA) is 70.9 Å². The molecule has 0 radical (unpaired) electrons. The Morgan fingerprint density at radius 3 is 2.73 bits per heavy atom. The number of hydrogen-bond acceptors (Lipinski definition) is 4. The van der Waals surface area contributed by atoms with Crippen LogP contribution in [0.1, 0.15) is 33.1 Å². The van der Waals surface area contributed by atoms with Crippen molar-refractivity contribution in [3.05, 3.63) is 89.0 Å². The molecule has 6 heteroatoms. The average molecular weight is 404 g/mol. The van der Waals surface area contributed by atoms with E-state index in [1.54, 1.807) is 49.6 Å². The molecule has 3 aromatic carbocycles. The highest BCUT2D eigenvalue weighted by Crippen LogP contribution is 2.28. The maximum Gasteiger partial charge on any atom is 0.251 e. The van der Waals surface area contributed by atoms with Crippen molar-refractivity contribution in [3.63, 3.8) is 0 Å². The van der Waals surface area contributed by atoms with Crippen LogP contribution in [0.3, 0.4) is 0 Å². The molecule has 0 bridgehead atoms. The second kappa shape index (κ2) is 8.47. The Morgan fingerprint density at radius 2 is 1.93 bits per heavy atom. The maximum atomic E-state index is 13.9. The number of aliphatic hydroxyl groups is 1. The van der Waals surface area contributed by atoms with E-state index in [0.29, 0.717) is 23.4 Å². The van der Waals surface area contributed by atoms with Gasteiger partial charge in [-0.25, -0.2) is 0 Å². The van der Waals surface area contributed by atoms with E-state index < -0.39 is 12.0 Å². The monoisotopic (exact) mass is 404 g/mol. The van der Waals surface area contributed by atoms with E-state index in [-0.39, 0.29) is 12.5 Å². The molecule has 0 saturated carbocycles. The van der Waals surface area contributed by atoms with Crippen LogP contribution >= 0.6 is 0 Å². The minimum Gasteiger partial charge on any atom is -0.497 e. The van der Waals surface area contributed by atoms with Gasteiger partial charge in [0.1, 0.15) is 5.75 Å². The number of halogens is 1. The average Bonchev–Trinajstić information content (AvgIpc) is 3.17. The first-order valence-corrected chi connectivity index (χ1v) is 9.58. The highest BCUT2D eigenvalue weighted by molar-refractivity contribution is 5.99. The predicted molar refractivity (Wildman–Crippen MR) is 114 cm³/mol. The van der Waals surface area contributed by atoms with Gasteiger partial charge in [0, 0.05) is 11.1 Å². The molecule has 3 aromatic rings. The Balaban J connectivity index is 1.57. The number of nitrogens with zero attached hydrogens (tertiary/aromatic N) is 1. The molecule has 30 heavy (non-hydrogen) atoms. The van der Waals surface area contributed by atoms with Gasteiger partial charge in [-0.1, -0.05) is 36.4 Å². The Kier molecular flexibility index (Phi) is 5.59. The number of amides is 1. The van der Waals surface area contributed by atoms with E-state index in [4.69, 9.17) is 4.74 Å². The fourth-order valence-electron chi connectivity index (χ4n) is 3.50. The molecule has 1 atom stereocenters. The number of nitrogens with one attached hydrogen (secondary N) is 1. The van der Waals surface area contributed by atoms with E-state index in [1.165, 1.54) is 0 Å². The number of carbonyl (C=O) groups is 1. The Labute approximate surface area is 173 Å². The van der Waals surface area contributed by atoms with Crippen LogP contribution in [0, 0.1) is 0 Å². The number of fused-ring (bicyclic) bond motifs is 1. The predicted octanol–water partition coefficient (Wildman–Crippen LogP) is 4.06. The summed E-state index contributed by atoms with van der Waals surface area (Å²) in [6.07, 6.45) is 0. The summed E-state index contributed by atoms with van der Waals surface area (Å²) < 4.78 is 19.1. The van der Waals surface area contributed by atoms with Gasteiger partial charge in [-0.15, -0.1) is 0 Å². The third kappa shape index (κ3) is 3.95. The smallest absolute Gasteiger partial charge is 0.251 e. The van der Waals surface area contributed by atoms with Gasteiger partial charge in [-0.05, 0) is 52.6 Å². The highest BCUT2D eigenvalue weighted by atomic mass is 19.1. The van der Waals surface area contributed by atoms with Gasteiger partial charge >= 0.3 is 0 Å². The SMILES string of the molecule is COc1cccc(C(CO)NC(=O)c2cccc(-c3ccc4c(c3)C(F)=NC4)c2)c1. The number of rotatable bonds is 6. The zero-order chi connectivity index (χ0) is 21.1. The van der Waals surface area contributed by atoms with Crippen molar-refractivity contribution in [1.29, 1.82) is 0 Å². The van der Waals surface area contributed by atoms with Crippen LogP contribution in [-0.4, -0.2) is 30.7 Å². The zero-order valence-electron chi connectivity index (χ0n) is 16.4. The summed E-state index contributed by atoms with van der Waals surface area (Å²) in [6.45, 7) is 0.110. The highest BCUT2D eigenvalue weighted by Gasteiger charge is 2.18. The van der Waals surface area contributed by atoms with E-state index in [0.717, 1.165) is 22.3 Å². The molecule has 0 aromatic heterocycles. The van der Waals surface area contributed by atoms with Crippen molar-refractivity contribution in [2.24, 2.45) is 4.99 Å². The van der Waals surface area contributed by atoms with Crippen LogP contribution in [-0.2, 0) is 6.54 Å². The van der Waals surface area contributed by atoms with Gasteiger partial charge in [0.2, 0.25) is 5.97 Å². The van der Waals surface area contributed by atoms with Crippen molar-refractivity contribution in [3.8, 4) is 16.9 Å². The lowest BCUT2D eigenvalue weighted by Crippen LogP contribution is -2.30. The lowest BCUT2D eigenvalue weighted by Gasteiger charge is -2.18. The van der Waals surface area contributed by atoms with Gasteiger partial charge in [0.25, 0.3) is 5.91 Å². The molecule has 2 N–H and O–H groups in total. The van der Waals surface area contributed by atoms with Gasteiger partial charge in [0.05, 0.1) is 26.3 Å². The van der Waals surface area contributed by atoms with Crippen LogP contribution in [0.4, 0.5) is 4.39 Å². The van der Waals surface area contributed by atoms with Gasteiger partial charge < -0.3 is 15.2 Å². The summed E-state index contributed by atoms with van der Waals surface area (Å²) in [5.41, 5.74) is 4.16. The maximum absolute atomic E-state index is 13.9. The molecular formula is C24H21FN2O3. The molecule has 1 aliphatic rings. The molecular weight excluding hydrogens is 383 g/mol. The standard InChI is InChI=1S/C24H21FN2O3/c1-30-20-7-3-5-17(11-20)22(14-28)27-24(29)18-6-2-4-15(10-18)16-8-9-19-13-26-23(25)21(19)12-16/h2-12,22,28H,13-14H2,1H3,(H,27,29). The first-order valence-electron chi connectivity index (χ1n) is 9.58. The fraction of sp³-hybridized carbons (Fsp3) is 0.167. The molecule has 1 heterocycles. The summed E-state index contributed by atoms with van der Waals surface area (Å²) in [5.74, 6) is -0.118. The zero-order valence-corrected chi connectivity index (χ0v) is 16.4. The molecule has 152 valence electrons. The van der Waals surface area contributed by atoms with Crippen molar-refractivity contribution in [2.75, 3.05) is 13.7 Å². The number of ether oxygens (including phenoxy) is 1. The largest absolute Gasteiger partial charge is 0.497 e. The van der Waals surface area contributed by atoms with Crippen molar-refractivity contribution < 1.29 is 19.0 Å². The normalized spacial score (nSPS) is 13.4. The molecule has 1 unspecified atom stereocenters. The minimum absolute atomic E-state index is 0.248. The number of carbonyl (C=O) groups excluding carboxylic acids is 1. The van der Waals surface area contributed by atoms with E-state index in [1.807, 2.05) is 24.3 Å². The molecule has 4 rings (SSSR count). The lowest BCUT2D eigenvalue weighted by atomic mass is 9.98. The molecule has 1 aliphatic heterocycles. The quantitative estimate of drug-likeness (QED) is 0.651. The second-order valence-electron chi connectivity index (χ2n) is 7.05. The van der Waals surface area contributed by atoms with Gasteiger partial charge in [-0.2, -0.15) is 4.39 Å².